The Morgan fingerprint density at radius 3 is 2.27 bits per heavy atom. The van der Waals surface area contributed by atoms with Crippen LogP contribution in [0.15, 0.2) is 120 Å². The normalized spacial score (nSPS) is 13.3. The standard InChI is InChI=1S/C44H43N3O6S2/c1-3-53-36-25-15-14-21-31(36)27-35(46-40(48)30-19-10-7-11-20-30)41(49)45-32-22-16-23-33(28-32)54-39(29-17-8-6-9-18-29)42(50)47-43-38(44(51)52-2)34-24-12-4-5-13-26-37(34)55-43/h6-11,14-23,25,27-28,39H,3-5,12-13,24,26H2,1-2H3,(H,45,49)(H,46,48)(H,47,50)/b35-27+. The second-order valence-corrected chi connectivity index (χ2v) is 15.1. The number of methoxy groups -OCH3 is 1. The number of carbonyl (C=O) groups excluding carboxylic acids is 4. The first-order valence-corrected chi connectivity index (χ1v) is 20.0. The van der Waals surface area contributed by atoms with Gasteiger partial charge in [-0.3, -0.25) is 14.4 Å². The van der Waals surface area contributed by atoms with E-state index in [0.29, 0.717) is 44.6 Å². The summed E-state index contributed by atoms with van der Waals surface area (Å²) in [6, 6.07) is 32.6. The molecule has 0 aliphatic heterocycles. The summed E-state index contributed by atoms with van der Waals surface area (Å²) in [5, 5.41) is 8.63. The lowest BCUT2D eigenvalue weighted by Gasteiger charge is -2.18. The molecule has 0 spiro atoms. The van der Waals surface area contributed by atoms with Gasteiger partial charge in [0.05, 0.1) is 19.3 Å². The molecule has 282 valence electrons. The van der Waals surface area contributed by atoms with E-state index in [0.717, 1.165) is 54.5 Å². The largest absolute Gasteiger partial charge is 0.493 e. The van der Waals surface area contributed by atoms with Crippen LogP contribution >= 0.6 is 23.1 Å². The molecule has 3 amide bonds. The van der Waals surface area contributed by atoms with Crippen LogP contribution in [-0.2, 0) is 27.2 Å². The molecule has 1 unspecified atom stereocenters. The molecule has 9 nitrogen and oxygen atoms in total. The van der Waals surface area contributed by atoms with Gasteiger partial charge in [-0.05, 0) is 86.2 Å². The lowest BCUT2D eigenvalue weighted by Crippen LogP contribution is -2.30. The maximum absolute atomic E-state index is 14.2. The fourth-order valence-corrected chi connectivity index (χ4v) is 8.73. The minimum atomic E-state index is -0.696. The Bertz CT molecular complexity index is 2170. The highest BCUT2D eigenvalue weighted by atomic mass is 32.2. The molecule has 0 saturated heterocycles. The number of nitrogens with one attached hydrogen (secondary N) is 3. The molecule has 0 fully saturated rings. The van der Waals surface area contributed by atoms with Gasteiger partial charge in [-0.1, -0.05) is 85.6 Å². The summed E-state index contributed by atoms with van der Waals surface area (Å²) in [4.78, 5) is 56.3. The Morgan fingerprint density at radius 2 is 1.53 bits per heavy atom. The van der Waals surface area contributed by atoms with Gasteiger partial charge in [0.15, 0.2) is 0 Å². The van der Waals surface area contributed by atoms with E-state index in [9.17, 15) is 19.2 Å². The van der Waals surface area contributed by atoms with Gasteiger partial charge in [-0.15, -0.1) is 23.1 Å². The molecule has 1 aromatic heterocycles. The van der Waals surface area contributed by atoms with Crippen molar-refractivity contribution < 1.29 is 28.7 Å². The Morgan fingerprint density at radius 1 is 0.818 bits per heavy atom. The van der Waals surface area contributed by atoms with Crippen molar-refractivity contribution in [2.24, 2.45) is 0 Å². The minimum Gasteiger partial charge on any atom is -0.493 e. The number of aryl methyl sites for hydroxylation is 1. The number of ether oxygens (including phenoxy) is 2. The second-order valence-electron chi connectivity index (χ2n) is 12.8. The molecule has 0 saturated carbocycles. The smallest absolute Gasteiger partial charge is 0.341 e. The first-order chi connectivity index (χ1) is 26.8. The third-order valence-corrected chi connectivity index (χ3v) is 11.5. The predicted octanol–water partition coefficient (Wildman–Crippen LogP) is 9.47. The summed E-state index contributed by atoms with van der Waals surface area (Å²) in [5.74, 6) is -1.15. The number of hydrogen-bond acceptors (Lipinski definition) is 8. The lowest BCUT2D eigenvalue weighted by molar-refractivity contribution is -0.116. The van der Waals surface area contributed by atoms with Crippen molar-refractivity contribution >= 4 is 63.6 Å². The average Bonchev–Trinajstić information content (AvgIpc) is 3.52. The fourth-order valence-electron chi connectivity index (χ4n) is 6.37. The van der Waals surface area contributed by atoms with Crippen LogP contribution in [0.2, 0.25) is 0 Å². The van der Waals surface area contributed by atoms with Gasteiger partial charge in [0, 0.05) is 26.6 Å². The molecular formula is C44H43N3O6S2. The summed E-state index contributed by atoms with van der Waals surface area (Å²) in [5.41, 5.74) is 3.71. The Hall–Kier alpha value is -5.65. The zero-order chi connectivity index (χ0) is 38.6. The van der Waals surface area contributed by atoms with E-state index in [1.165, 1.54) is 30.2 Å². The van der Waals surface area contributed by atoms with Crippen LogP contribution < -0.4 is 20.7 Å². The molecule has 3 N–H and O–H groups in total. The first-order valence-electron chi connectivity index (χ1n) is 18.3. The lowest BCUT2D eigenvalue weighted by atomic mass is 9.96. The van der Waals surface area contributed by atoms with Crippen LogP contribution in [0.4, 0.5) is 10.7 Å². The van der Waals surface area contributed by atoms with Crippen LogP contribution in [0.25, 0.3) is 6.08 Å². The fraction of sp³-hybridized carbons (Fsp3) is 0.227. The van der Waals surface area contributed by atoms with Gasteiger partial charge in [-0.25, -0.2) is 4.79 Å². The van der Waals surface area contributed by atoms with Crippen molar-refractivity contribution in [2.45, 2.75) is 55.6 Å². The van der Waals surface area contributed by atoms with Crippen LogP contribution in [-0.4, -0.2) is 37.4 Å². The number of esters is 1. The van der Waals surface area contributed by atoms with Gasteiger partial charge in [0.2, 0.25) is 5.91 Å². The van der Waals surface area contributed by atoms with Crippen LogP contribution in [0.1, 0.15) is 80.1 Å². The molecule has 0 radical (unpaired) electrons. The summed E-state index contributed by atoms with van der Waals surface area (Å²) in [6.45, 7) is 2.30. The maximum atomic E-state index is 14.2. The van der Waals surface area contributed by atoms with Crippen LogP contribution in [0, 0.1) is 0 Å². The van der Waals surface area contributed by atoms with E-state index in [4.69, 9.17) is 9.47 Å². The predicted molar refractivity (Wildman–Crippen MR) is 220 cm³/mol. The highest BCUT2D eigenvalue weighted by molar-refractivity contribution is 8.00. The quantitative estimate of drug-likeness (QED) is 0.0619. The third kappa shape index (κ3) is 10.1. The number of carbonyl (C=O) groups is 4. The topological polar surface area (TPSA) is 123 Å². The Balaban J connectivity index is 1.26. The van der Waals surface area contributed by atoms with E-state index in [2.05, 4.69) is 16.0 Å². The van der Waals surface area contributed by atoms with E-state index < -0.39 is 23.0 Å². The van der Waals surface area contributed by atoms with Gasteiger partial charge >= 0.3 is 5.97 Å². The Labute approximate surface area is 329 Å². The third-order valence-electron chi connectivity index (χ3n) is 9.03. The van der Waals surface area contributed by atoms with Crippen molar-refractivity contribution in [1.29, 1.82) is 0 Å². The van der Waals surface area contributed by atoms with E-state index in [-0.39, 0.29) is 11.6 Å². The number of hydrogen-bond donors (Lipinski definition) is 3. The summed E-state index contributed by atoms with van der Waals surface area (Å²) < 4.78 is 11.0. The van der Waals surface area contributed by atoms with Gasteiger partial charge in [0.25, 0.3) is 11.8 Å². The molecule has 5 aromatic rings. The van der Waals surface area contributed by atoms with Crippen molar-refractivity contribution in [3.8, 4) is 5.75 Å². The molecule has 1 atom stereocenters. The second kappa shape index (κ2) is 19.1. The molecule has 1 aliphatic rings. The summed E-state index contributed by atoms with van der Waals surface area (Å²) in [6.07, 6.45) is 7.48. The van der Waals surface area contributed by atoms with Crippen LogP contribution in [0.3, 0.4) is 0 Å². The molecule has 55 heavy (non-hydrogen) atoms. The number of amides is 3. The van der Waals surface area contributed by atoms with Crippen molar-refractivity contribution in [3.63, 3.8) is 0 Å². The van der Waals surface area contributed by atoms with Gasteiger partial charge in [0.1, 0.15) is 21.7 Å². The molecule has 11 heteroatoms. The molecule has 1 aliphatic carbocycles. The maximum Gasteiger partial charge on any atom is 0.341 e. The SMILES string of the molecule is CCOc1ccccc1/C=C(/NC(=O)c1ccccc1)C(=O)Nc1cccc(SC(C(=O)Nc2sc3c(c2C(=O)OC)CCCCCC3)c2ccccc2)c1. The monoisotopic (exact) mass is 773 g/mol. The summed E-state index contributed by atoms with van der Waals surface area (Å²) >= 11 is 2.78. The number of benzene rings is 4. The highest BCUT2D eigenvalue weighted by Gasteiger charge is 2.29. The number of thioether (sulfide) groups is 1. The summed E-state index contributed by atoms with van der Waals surface area (Å²) in [7, 11) is 1.37. The zero-order valence-electron chi connectivity index (χ0n) is 30.8. The van der Waals surface area contributed by atoms with Crippen molar-refractivity contribution in [2.75, 3.05) is 24.4 Å². The number of anilines is 2. The minimum absolute atomic E-state index is 0.0204. The van der Waals surface area contributed by atoms with Gasteiger partial charge in [-0.2, -0.15) is 0 Å². The first kappa shape index (κ1) is 39.1. The number of fused-ring (bicyclic) bond motifs is 1. The van der Waals surface area contributed by atoms with E-state index >= 15 is 0 Å². The molecule has 6 rings (SSSR count). The number of thiophene rings is 1. The van der Waals surface area contributed by atoms with Crippen LogP contribution in [0.5, 0.6) is 5.75 Å². The Kier molecular flexibility index (Phi) is 13.6. The van der Waals surface area contributed by atoms with E-state index in [1.807, 2.05) is 61.5 Å². The highest BCUT2D eigenvalue weighted by Crippen LogP contribution is 2.41. The molecule has 0 bridgehead atoms. The number of rotatable bonds is 13. The average molecular weight is 774 g/mol. The van der Waals surface area contributed by atoms with Gasteiger partial charge < -0.3 is 25.4 Å². The zero-order valence-corrected chi connectivity index (χ0v) is 32.4. The molecule has 1 heterocycles. The van der Waals surface area contributed by atoms with E-state index in [1.54, 1.807) is 60.7 Å². The molecule has 4 aromatic carbocycles. The molecular weight excluding hydrogens is 731 g/mol. The number of para-hydroxylation sites is 1. The van der Waals surface area contributed by atoms with Crippen molar-refractivity contribution in [1.82, 2.24) is 5.32 Å². The van der Waals surface area contributed by atoms with Crippen molar-refractivity contribution in [3.05, 3.63) is 148 Å².